The Morgan fingerprint density at radius 2 is 1.87 bits per heavy atom. The summed E-state index contributed by atoms with van der Waals surface area (Å²) in [6.45, 7) is 6.89. The van der Waals surface area contributed by atoms with Gasteiger partial charge in [0.25, 0.3) is 0 Å². The van der Waals surface area contributed by atoms with Gasteiger partial charge in [0.2, 0.25) is 5.91 Å². The highest BCUT2D eigenvalue weighted by atomic mass is 35.5. The quantitative estimate of drug-likeness (QED) is 0.740. The molecule has 1 saturated heterocycles. The summed E-state index contributed by atoms with van der Waals surface area (Å²) < 4.78 is 6.26. The highest BCUT2D eigenvalue weighted by Crippen LogP contribution is 2.40. The van der Waals surface area contributed by atoms with Gasteiger partial charge in [-0.15, -0.1) is 11.6 Å². The van der Waals surface area contributed by atoms with Crippen LogP contribution in [0.1, 0.15) is 47.7 Å². The standard InChI is InChI=1S/C18H22ClNO3/c1-11-8-14-15(21)10-18(23-16(14)9-12(11)2)4-6-20(7-5-18)17(22)13(3)19/h8-9,13H,4-7,10H2,1-3H3. The number of Topliss-reactive ketones (excluding diaryl/α,β-unsaturated/α-hetero) is 1. The predicted octanol–water partition coefficient (Wildman–Crippen LogP) is 3.26. The molecule has 2 heterocycles. The summed E-state index contributed by atoms with van der Waals surface area (Å²) in [6, 6.07) is 3.88. The van der Waals surface area contributed by atoms with E-state index in [2.05, 4.69) is 0 Å². The average Bonchev–Trinajstić information content (AvgIpc) is 2.49. The lowest BCUT2D eigenvalue weighted by Gasteiger charge is -2.44. The van der Waals surface area contributed by atoms with Gasteiger partial charge in [-0.2, -0.15) is 0 Å². The Bertz CT molecular complexity index is 660. The number of carbonyl (C=O) groups is 2. The number of hydrogen-bond donors (Lipinski definition) is 0. The van der Waals surface area contributed by atoms with E-state index in [0.29, 0.717) is 43.7 Å². The van der Waals surface area contributed by atoms with Crippen LogP contribution in [0, 0.1) is 13.8 Å². The van der Waals surface area contributed by atoms with Crippen molar-refractivity contribution in [2.45, 2.75) is 51.0 Å². The zero-order chi connectivity index (χ0) is 16.8. The van der Waals surface area contributed by atoms with Crippen molar-refractivity contribution < 1.29 is 14.3 Å². The van der Waals surface area contributed by atoms with Crippen molar-refractivity contribution in [3.63, 3.8) is 0 Å². The van der Waals surface area contributed by atoms with Crippen molar-refractivity contribution in [3.05, 3.63) is 28.8 Å². The summed E-state index contributed by atoms with van der Waals surface area (Å²) in [6.07, 6.45) is 1.72. The lowest BCUT2D eigenvalue weighted by molar-refractivity contribution is -0.134. The van der Waals surface area contributed by atoms with Crippen molar-refractivity contribution in [2.24, 2.45) is 0 Å². The summed E-state index contributed by atoms with van der Waals surface area (Å²) in [5.74, 6) is 0.783. The molecule has 1 unspecified atom stereocenters. The molecule has 1 aromatic carbocycles. The Kier molecular flexibility index (Phi) is 4.13. The van der Waals surface area contributed by atoms with Gasteiger partial charge in [0, 0.05) is 25.9 Å². The van der Waals surface area contributed by atoms with E-state index in [0.717, 1.165) is 11.1 Å². The van der Waals surface area contributed by atoms with Gasteiger partial charge in [0.05, 0.1) is 12.0 Å². The molecule has 23 heavy (non-hydrogen) atoms. The van der Waals surface area contributed by atoms with E-state index in [1.807, 2.05) is 26.0 Å². The normalized spacial score (nSPS) is 20.9. The van der Waals surface area contributed by atoms with E-state index < -0.39 is 11.0 Å². The highest BCUT2D eigenvalue weighted by molar-refractivity contribution is 6.30. The number of carbonyl (C=O) groups excluding carboxylic acids is 2. The van der Waals surface area contributed by atoms with Crippen LogP contribution in [0.2, 0.25) is 0 Å². The molecule has 3 rings (SSSR count). The lowest BCUT2D eigenvalue weighted by atomic mass is 9.82. The fourth-order valence-corrected chi connectivity index (χ4v) is 3.55. The number of amides is 1. The summed E-state index contributed by atoms with van der Waals surface area (Å²) in [5.41, 5.74) is 2.44. The van der Waals surface area contributed by atoms with E-state index in [4.69, 9.17) is 16.3 Å². The molecule has 5 heteroatoms. The topological polar surface area (TPSA) is 46.6 Å². The van der Waals surface area contributed by atoms with Crippen LogP contribution in [0.3, 0.4) is 0 Å². The van der Waals surface area contributed by atoms with Gasteiger partial charge in [0.1, 0.15) is 16.7 Å². The first-order valence-corrected chi connectivity index (χ1v) is 8.51. The molecule has 0 N–H and O–H groups in total. The minimum absolute atomic E-state index is 0.0458. The fraction of sp³-hybridized carbons (Fsp3) is 0.556. The van der Waals surface area contributed by atoms with Crippen LogP contribution in [0.4, 0.5) is 0 Å². The highest BCUT2D eigenvalue weighted by Gasteiger charge is 2.44. The van der Waals surface area contributed by atoms with Crippen LogP contribution >= 0.6 is 11.6 Å². The van der Waals surface area contributed by atoms with E-state index in [9.17, 15) is 9.59 Å². The van der Waals surface area contributed by atoms with E-state index in [1.54, 1.807) is 11.8 Å². The minimum Gasteiger partial charge on any atom is -0.486 e. The number of rotatable bonds is 1. The van der Waals surface area contributed by atoms with Crippen LogP contribution in [0.25, 0.3) is 0 Å². The zero-order valence-electron chi connectivity index (χ0n) is 13.8. The van der Waals surface area contributed by atoms with Gasteiger partial charge >= 0.3 is 0 Å². The van der Waals surface area contributed by atoms with Gasteiger partial charge in [-0.3, -0.25) is 9.59 Å². The third kappa shape index (κ3) is 2.97. The second kappa shape index (κ2) is 5.82. The molecule has 1 aromatic rings. The number of benzene rings is 1. The largest absolute Gasteiger partial charge is 0.486 e. The van der Waals surface area contributed by atoms with Crippen molar-refractivity contribution in [1.82, 2.24) is 4.90 Å². The molecule has 2 aliphatic heterocycles. The van der Waals surface area contributed by atoms with Crippen LogP contribution in [-0.4, -0.2) is 40.7 Å². The molecule has 1 spiro atoms. The molecule has 0 aliphatic carbocycles. The molecular weight excluding hydrogens is 314 g/mol. The van der Waals surface area contributed by atoms with Crippen molar-refractivity contribution in [2.75, 3.05) is 13.1 Å². The maximum absolute atomic E-state index is 12.6. The SMILES string of the molecule is Cc1cc2c(cc1C)C(=O)CC1(CCN(C(=O)C(C)Cl)CC1)O2. The number of ether oxygens (including phenoxy) is 1. The van der Waals surface area contributed by atoms with Crippen molar-refractivity contribution in [3.8, 4) is 5.75 Å². The van der Waals surface area contributed by atoms with Gasteiger partial charge in [-0.1, -0.05) is 0 Å². The third-order valence-electron chi connectivity index (χ3n) is 5.03. The summed E-state index contributed by atoms with van der Waals surface area (Å²) >= 11 is 5.88. The number of hydrogen-bond acceptors (Lipinski definition) is 3. The Morgan fingerprint density at radius 3 is 2.48 bits per heavy atom. The van der Waals surface area contributed by atoms with Gasteiger partial charge in [0.15, 0.2) is 5.78 Å². The Labute approximate surface area is 141 Å². The molecule has 1 atom stereocenters. The minimum atomic E-state index is -0.510. The maximum Gasteiger partial charge on any atom is 0.240 e. The molecule has 1 amide bonds. The first-order valence-electron chi connectivity index (χ1n) is 8.08. The summed E-state index contributed by atoms with van der Waals surface area (Å²) in [4.78, 5) is 26.3. The molecule has 0 saturated carbocycles. The van der Waals surface area contributed by atoms with Crippen LogP contribution in [-0.2, 0) is 4.79 Å². The predicted molar refractivity (Wildman–Crippen MR) is 89.4 cm³/mol. The molecule has 0 bridgehead atoms. The monoisotopic (exact) mass is 335 g/mol. The number of likely N-dealkylation sites (tertiary alicyclic amines) is 1. The van der Waals surface area contributed by atoms with E-state index >= 15 is 0 Å². The van der Waals surface area contributed by atoms with Crippen LogP contribution in [0.15, 0.2) is 12.1 Å². The summed E-state index contributed by atoms with van der Waals surface area (Å²) in [5, 5.41) is -0.510. The Hall–Kier alpha value is -1.55. The number of halogens is 1. The second-order valence-corrected chi connectivity index (χ2v) is 7.41. The zero-order valence-corrected chi connectivity index (χ0v) is 14.6. The molecule has 2 aliphatic rings. The summed E-state index contributed by atoms with van der Waals surface area (Å²) in [7, 11) is 0. The van der Waals surface area contributed by atoms with Gasteiger partial charge in [-0.25, -0.2) is 0 Å². The number of aryl methyl sites for hydroxylation is 2. The van der Waals surface area contributed by atoms with Gasteiger partial charge in [-0.05, 0) is 44.0 Å². The molecule has 4 nitrogen and oxygen atoms in total. The molecular formula is C18H22ClNO3. The van der Waals surface area contributed by atoms with Crippen molar-refractivity contribution in [1.29, 1.82) is 0 Å². The number of fused-ring (bicyclic) bond motifs is 1. The van der Waals surface area contributed by atoms with Crippen LogP contribution in [0.5, 0.6) is 5.75 Å². The first kappa shape index (κ1) is 16.3. The Balaban J connectivity index is 1.80. The fourth-order valence-electron chi connectivity index (χ4n) is 3.41. The van der Waals surface area contributed by atoms with Gasteiger partial charge < -0.3 is 9.64 Å². The second-order valence-electron chi connectivity index (χ2n) is 6.76. The third-order valence-corrected chi connectivity index (χ3v) is 5.22. The molecule has 124 valence electrons. The molecule has 1 fully saturated rings. The number of piperidine rings is 1. The average molecular weight is 336 g/mol. The number of ketones is 1. The van der Waals surface area contributed by atoms with Crippen LogP contribution < -0.4 is 4.74 Å². The lowest BCUT2D eigenvalue weighted by Crippen LogP contribution is -2.53. The first-order chi connectivity index (χ1) is 10.8. The van der Waals surface area contributed by atoms with E-state index in [1.165, 1.54) is 0 Å². The number of alkyl halides is 1. The molecule has 0 aromatic heterocycles. The molecule has 0 radical (unpaired) electrons. The van der Waals surface area contributed by atoms with E-state index in [-0.39, 0.29) is 11.7 Å². The Morgan fingerprint density at radius 1 is 1.26 bits per heavy atom. The van der Waals surface area contributed by atoms with Crippen molar-refractivity contribution >= 4 is 23.3 Å². The smallest absolute Gasteiger partial charge is 0.240 e. The maximum atomic E-state index is 12.6. The number of nitrogens with zero attached hydrogens (tertiary/aromatic N) is 1.